The van der Waals surface area contributed by atoms with Crippen LogP contribution >= 0.6 is 0 Å². The number of ether oxygens (including phenoxy) is 2. The molecule has 1 heterocycles. The largest absolute Gasteiger partial charge is 0.496 e. The summed E-state index contributed by atoms with van der Waals surface area (Å²) in [6.45, 7) is 5.14. The minimum absolute atomic E-state index is 0.0362. The minimum Gasteiger partial charge on any atom is -0.496 e. The molecule has 124 valence electrons. The molecule has 0 saturated carbocycles. The van der Waals surface area contributed by atoms with Crippen molar-refractivity contribution in [3.63, 3.8) is 0 Å². The van der Waals surface area contributed by atoms with Crippen molar-refractivity contribution in [3.05, 3.63) is 29.3 Å². The predicted molar refractivity (Wildman–Crippen MR) is 85.6 cm³/mol. The van der Waals surface area contributed by atoms with Crippen molar-refractivity contribution < 1.29 is 17.9 Å². The smallest absolute Gasteiger partial charge is 0.208 e. The molecule has 0 radical (unpaired) electrons. The summed E-state index contributed by atoms with van der Waals surface area (Å²) in [6.07, 6.45) is 1.17. The average molecular weight is 328 g/mol. The fraction of sp³-hybridized carbons (Fsp3) is 0.600. The summed E-state index contributed by atoms with van der Waals surface area (Å²) < 4.78 is 36.0. The maximum atomic E-state index is 11.3. The first-order chi connectivity index (χ1) is 10.4. The van der Waals surface area contributed by atoms with Crippen LogP contribution in [0.2, 0.25) is 0 Å². The summed E-state index contributed by atoms with van der Waals surface area (Å²) >= 11 is 0. The number of rotatable bonds is 6. The van der Waals surface area contributed by atoms with E-state index in [4.69, 9.17) is 9.47 Å². The van der Waals surface area contributed by atoms with Crippen molar-refractivity contribution in [1.29, 1.82) is 0 Å². The van der Waals surface area contributed by atoms with Crippen LogP contribution in [0.1, 0.15) is 11.1 Å². The van der Waals surface area contributed by atoms with E-state index in [0.717, 1.165) is 24.4 Å². The van der Waals surface area contributed by atoms with Crippen molar-refractivity contribution in [3.8, 4) is 5.75 Å². The highest BCUT2D eigenvalue weighted by Crippen LogP contribution is 2.23. The van der Waals surface area contributed by atoms with Crippen LogP contribution in [-0.2, 0) is 21.3 Å². The molecule has 0 bridgehead atoms. The van der Waals surface area contributed by atoms with E-state index in [1.165, 1.54) is 11.8 Å². The summed E-state index contributed by atoms with van der Waals surface area (Å²) in [5, 5.41) is 0. The molecule has 22 heavy (non-hydrogen) atoms. The van der Waals surface area contributed by atoms with Gasteiger partial charge in [-0.25, -0.2) is 13.1 Å². The lowest BCUT2D eigenvalue weighted by Gasteiger charge is -2.36. The second kappa shape index (κ2) is 7.41. The predicted octanol–water partition coefficient (Wildman–Crippen LogP) is 0.754. The number of hydrogen-bond acceptors (Lipinski definition) is 5. The SMILES string of the molecule is COc1cccc(CN2CCOCC2CNS(C)(=O)=O)c1C. The molecule has 0 amide bonds. The quantitative estimate of drug-likeness (QED) is 0.835. The van der Waals surface area contributed by atoms with Gasteiger partial charge in [0.05, 0.1) is 26.6 Å². The van der Waals surface area contributed by atoms with Gasteiger partial charge in [0.15, 0.2) is 0 Å². The third kappa shape index (κ3) is 4.67. The molecule has 1 aromatic carbocycles. The van der Waals surface area contributed by atoms with Crippen LogP contribution in [0.4, 0.5) is 0 Å². The van der Waals surface area contributed by atoms with E-state index in [9.17, 15) is 8.42 Å². The highest BCUT2D eigenvalue weighted by molar-refractivity contribution is 7.88. The fourth-order valence-electron chi connectivity index (χ4n) is 2.60. The maximum absolute atomic E-state index is 11.3. The summed E-state index contributed by atoms with van der Waals surface area (Å²) in [7, 11) is -1.52. The van der Waals surface area contributed by atoms with Crippen molar-refractivity contribution >= 4 is 10.0 Å². The van der Waals surface area contributed by atoms with Gasteiger partial charge in [0, 0.05) is 25.7 Å². The first-order valence-electron chi connectivity index (χ1n) is 7.29. The number of nitrogens with one attached hydrogen (secondary N) is 1. The van der Waals surface area contributed by atoms with Gasteiger partial charge in [0.1, 0.15) is 5.75 Å². The lowest BCUT2D eigenvalue weighted by molar-refractivity contribution is -0.00923. The highest BCUT2D eigenvalue weighted by atomic mass is 32.2. The molecule has 1 atom stereocenters. The van der Waals surface area contributed by atoms with Crippen molar-refractivity contribution in [2.45, 2.75) is 19.5 Å². The molecule has 1 aromatic rings. The zero-order valence-electron chi connectivity index (χ0n) is 13.3. The Kier molecular flexibility index (Phi) is 5.80. The summed E-state index contributed by atoms with van der Waals surface area (Å²) in [5.41, 5.74) is 2.30. The second-order valence-corrected chi connectivity index (χ2v) is 7.40. The van der Waals surface area contributed by atoms with Gasteiger partial charge in [0.25, 0.3) is 0 Å². The summed E-state index contributed by atoms with van der Waals surface area (Å²) in [4.78, 5) is 2.25. The molecule has 1 aliphatic rings. The fourth-order valence-corrected chi connectivity index (χ4v) is 3.10. The zero-order valence-corrected chi connectivity index (χ0v) is 14.1. The van der Waals surface area contributed by atoms with Gasteiger partial charge in [-0.3, -0.25) is 4.90 Å². The maximum Gasteiger partial charge on any atom is 0.208 e. The Bertz CT molecular complexity index is 604. The second-order valence-electron chi connectivity index (χ2n) is 5.56. The summed E-state index contributed by atoms with van der Waals surface area (Å²) in [5.74, 6) is 0.872. The molecule has 2 rings (SSSR count). The number of methoxy groups -OCH3 is 1. The number of nitrogens with zero attached hydrogens (tertiary/aromatic N) is 1. The number of hydrogen-bond donors (Lipinski definition) is 1. The standard InChI is InChI=1S/C15H24N2O4S/c1-12-13(5-4-6-15(12)20-2)10-17-7-8-21-11-14(17)9-16-22(3,18)19/h4-6,14,16H,7-11H2,1-3H3. The van der Waals surface area contributed by atoms with Gasteiger partial charge in [0.2, 0.25) is 10.0 Å². The van der Waals surface area contributed by atoms with Gasteiger partial charge in [-0.05, 0) is 24.1 Å². The Balaban J connectivity index is 2.08. The van der Waals surface area contributed by atoms with Crippen LogP contribution in [0.15, 0.2) is 18.2 Å². The van der Waals surface area contributed by atoms with Crippen LogP contribution in [0.5, 0.6) is 5.75 Å². The first kappa shape index (κ1) is 17.2. The van der Waals surface area contributed by atoms with Crippen LogP contribution < -0.4 is 9.46 Å². The minimum atomic E-state index is -3.19. The molecular formula is C15H24N2O4S. The van der Waals surface area contributed by atoms with Crippen LogP contribution in [-0.4, -0.2) is 59.0 Å². The van der Waals surface area contributed by atoms with Crippen molar-refractivity contribution in [2.24, 2.45) is 0 Å². The molecule has 7 heteroatoms. The molecular weight excluding hydrogens is 304 g/mol. The van der Waals surface area contributed by atoms with E-state index < -0.39 is 10.0 Å². The van der Waals surface area contributed by atoms with Gasteiger partial charge in [-0.15, -0.1) is 0 Å². The third-order valence-corrected chi connectivity index (χ3v) is 4.61. The van der Waals surface area contributed by atoms with Gasteiger partial charge in [-0.1, -0.05) is 12.1 Å². The molecule has 1 aliphatic heterocycles. The van der Waals surface area contributed by atoms with E-state index in [1.54, 1.807) is 7.11 Å². The molecule has 1 fully saturated rings. The Morgan fingerprint density at radius 3 is 2.91 bits per heavy atom. The van der Waals surface area contributed by atoms with Crippen LogP contribution in [0.25, 0.3) is 0 Å². The summed E-state index contributed by atoms with van der Waals surface area (Å²) in [6, 6.07) is 6.04. The van der Waals surface area contributed by atoms with Crippen LogP contribution in [0.3, 0.4) is 0 Å². The highest BCUT2D eigenvalue weighted by Gasteiger charge is 2.24. The van der Waals surface area contributed by atoms with Crippen molar-refractivity contribution in [2.75, 3.05) is 39.7 Å². The normalized spacial score (nSPS) is 20.0. The monoisotopic (exact) mass is 328 g/mol. The van der Waals surface area contributed by atoms with E-state index in [1.807, 2.05) is 19.1 Å². The Labute approximate surface area is 132 Å². The van der Waals surface area contributed by atoms with E-state index in [2.05, 4.69) is 15.7 Å². The third-order valence-electron chi connectivity index (χ3n) is 3.92. The zero-order chi connectivity index (χ0) is 16.2. The van der Waals surface area contributed by atoms with E-state index in [0.29, 0.717) is 19.8 Å². The molecule has 0 aromatic heterocycles. The molecule has 0 aliphatic carbocycles. The average Bonchev–Trinajstić information content (AvgIpc) is 2.47. The van der Waals surface area contributed by atoms with E-state index >= 15 is 0 Å². The van der Waals surface area contributed by atoms with E-state index in [-0.39, 0.29) is 6.04 Å². The van der Waals surface area contributed by atoms with Gasteiger partial charge >= 0.3 is 0 Å². The van der Waals surface area contributed by atoms with Gasteiger partial charge < -0.3 is 9.47 Å². The Morgan fingerprint density at radius 1 is 1.45 bits per heavy atom. The Morgan fingerprint density at radius 2 is 2.23 bits per heavy atom. The molecule has 0 spiro atoms. The van der Waals surface area contributed by atoms with Gasteiger partial charge in [-0.2, -0.15) is 0 Å². The topological polar surface area (TPSA) is 67.9 Å². The van der Waals surface area contributed by atoms with Crippen molar-refractivity contribution in [1.82, 2.24) is 9.62 Å². The molecule has 1 saturated heterocycles. The molecule has 6 nitrogen and oxygen atoms in total. The number of morpholine rings is 1. The molecule has 1 N–H and O–H groups in total. The lowest BCUT2D eigenvalue weighted by atomic mass is 10.1. The lowest BCUT2D eigenvalue weighted by Crippen LogP contribution is -2.50. The Hall–Kier alpha value is -1.15. The van der Waals surface area contributed by atoms with Crippen LogP contribution in [0, 0.1) is 6.92 Å². The first-order valence-corrected chi connectivity index (χ1v) is 9.19. The number of sulfonamides is 1. The molecule has 1 unspecified atom stereocenters. The number of benzene rings is 1.